The van der Waals surface area contributed by atoms with Crippen LogP contribution < -0.4 is 10.1 Å². The van der Waals surface area contributed by atoms with Gasteiger partial charge in [-0.2, -0.15) is 5.10 Å². The van der Waals surface area contributed by atoms with E-state index in [1.54, 1.807) is 11.8 Å². The van der Waals surface area contributed by atoms with E-state index in [9.17, 15) is 4.79 Å². The van der Waals surface area contributed by atoms with Crippen LogP contribution in [0.1, 0.15) is 23.0 Å². The number of methoxy groups -OCH3 is 1. The number of hydrogen-bond acceptors (Lipinski definition) is 5. The normalized spacial score (nSPS) is 16.0. The summed E-state index contributed by atoms with van der Waals surface area (Å²) in [5.41, 5.74) is 2.67. The Hall–Kier alpha value is -2.09. The number of rotatable bonds is 7. The van der Waals surface area contributed by atoms with E-state index in [0.717, 1.165) is 35.8 Å². The fourth-order valence-electron chi connectivity index (χ4n) is 3.40. The highest BCUT2D eigenvalue weighted by molar-refractivity contribution is 6.31. The Morgan fingerprint density at radius 3 is 2.54 bits per heavy atom. The van der Waals surface area contributed by atoms with Crippen molar-refractivity contribution in [1.82, 2.24) is 20.0 Å². The molecule has 2 heterocycles. The molecule has 1 aromatic heterocycles. The molecule has 1 aliphatic heterocycles. The first-order valence-electron chi connectivity index (χ1n) is 9.41. The summed E-state index contributed by atoms with van der Waals surface area (Å²) in [6, 6.07) is 8.06. The molecule has 1 saturated heterocycles. The Morgan fingerprint density at radius 1 is 1.29 bits per heavy atom. The molecule has 3 rings (SSSR count). The van der Waals surface area contributed by atoms with E-state index in [4.69, 9.17) is 21.1 Å². The Labute approximate surface area is 170 Å². The lowest BCUT2D eigenvalue weighted by atomic mass is 10.0. The Bertz CT molecular complexity index is 801. The minimum absolute atomic E-state index is 0.0720. The maximum absolute atomic E-state index is 12.5. The molecular formula is C20H27ClN4O3. The molecule has 0 spiro atoms. The minimum atomic E-state index is -0.0889. The zero-order valence-electron chi connectivity index (χ0n) is 16.6. The van der Waals surface area contributed by atoms with Gasteiger partial charge >= 0.3 is 0 Å². The highest BCUT2D eigenvalue weighted by Crippen LogP contribution is 2.24. The second-order valence-corrected chi connectivity index (χ2v) is 7.26. The zero-order valence-corrected chi connectivity index (χ0v) is 17.3. The second-order valence-electron chi connectivity index (χ2n) is 6.88. The highest BCUT2D eigenvalue weighted by Gasteiger charge is 2.23. The number of morpholine rings is 1. The van der Waals surface area contributed by atoms with Crippen molar-refractivity contribution in [1.29, 1.82) is 0 Å². The lowest BCUT2D eigenvalue weighted by Crippen LogP contribution is -2.44. The van der Waals surface area contributed by atoms with E-state index in [2.05, 4.69) is 15.3 Å². The number of halogens is 1. The van der Waals surface area contributed by atoms with Crippen molar-refractivity contribution >= 4 is 17.5 Å². The average Bonchev–Trinajstić information content (AvgIpc) is 2.96. The number of amides is 1. The molecule has 1 fully saturated rings. The van der Waals surface area contributed by atoms with Crippen LogP contribution in [0.4, 0.5) is 0 Å². The first-order valence-corrected chi connectivity index (χ1v) is 9.79. The summed E-state index contributed by atoms with van der Waals surface area (Å²) in [6.07, 6.45) is 0. The number of nitrogens with zero attached hydrogens (tertiary/aromatic N) is 3. The number of carbonyl (C=O) groups is 1. The first-order chi connectivity index (χ1) is 13.5. The third kappa shape index (κ3) is 4.84. The summed E-state index contributed by atoms with van der Waals surface area (Å²) in [5.74, 6) is 0.726. The molecule has 7 nitrogen and oxygen atoms in total. The predicted octanol–water partition coefficient (Wildman–Crippen LogP) is 2.35. The minimum Gasteiger partial charge on any atom is -0.497 e. The van der Waals surface area contributed by atoms with Gasteiger partial charge in [-0.1, -0.05) is 23.7 Å². The molecule has 1 unspecified atom stereocenters. The van der Waals surface area contributed by atoms with Gasteiger partial charge in [0, 0.05) is 19.6 Å². The fourth-order valence-corrected chi connectivity index (χ4v) is 3.54. The van der Waals surface area contributed by atoms with Crippen molar-refractivity contribution in [2.45, 2.75) is 26.4 Å². The van der Waals surface area contributed by atoms with Gasteiger partial charge in [0.1, 0.15) is 12.3 Å². The lowest BCUT2D eigenvalue weighted by molar-refractivity contribution is -0.122. The van der Waals surface area contributed by atoms with Gasteiger partial charge in [-0.3, -0.25) is 14.4 Å². The van der Waals surface area contributed by atoms with Gasteiger partial charge in [0.25, 0.3) is 0 Å². The van der Waals surface area contributed by atoms with Crippen LogP contribution in [0.3, 0.4) is 0 Å². The van der Waals surface area contributed by atoms with Crippen molar-refractivity contribution in [3.63, 3.8) is 0 Å². The number of benzene rings is 1. The van der Waals surface area contributed by atoms with Gasteiger partial charge in [0.05, 0.1) is 42.8 Å². The number of aromatic nitrogens is 2. The van der Waals surface area contributed by atoms with Crippen molar-refractivity contribution in [3.8, 4) is 5.75 Å². The van der Waals surface area contributed by atoms with Gasteiger partial charge in [-0.25, -0.2) is 0 Å². The fraction of sp³-hybridized carbons (Fsp3) is 0.500. The molecule has 0 bridgehead atoms. The molecule has 1 N–H and O–H groups in total. The summed E-state index contributed by atoms with van der Waals surface area (Å²) >= 11 is 6.17. The Morgan fingerprint density at radius 2 is 1.96 bits per heavy atom. The summed E-state index contributed by atoms with van der Waals surface area (Å²) < 4.78 is 12.4. The number of hydrogen-bond donors (Lipinski definition) is 1. The molecular weight excluding hydrogens is 380 g/mol. The molecule has 0 aliphatic carbocycles. The monoisotopic (exact) mass is 406 g/mol. The molecule has 0 saturated carbocycles. The standard InChI is InChI=1S/C20H27ClN4O3/c1-14-20(21)15(2)25(23-14)13-19(26)22-12-18(24-8-10-28-11-9-24)16-4-6-17(27-3)7-5-16/h4-7,18H,8-13H2,1-3H3,(H,22,26). The van der Waals surface area contributed by atoms with Crippen molar-refractivity contribution in [2.75, 3.05) is 40.0 Å². The predicted molar refractivity (Wildman–Crippen MR) is 108 cm³/mol. The molecule has 1 amide bonds. The molecule has 1 aliphatic rings. The summed E-state index contributed by atoms with van der Waals surface area (Å²) in [6.45, 7) is 7.43. The van der Waals surface area contributed by atoms with E-state index in [0.29, 0.717) is 24.8 Å². The molecule has 0 radical (unpaired) electrons. The van der Waals surface area contributed by atoms with Crippen LogP contribution in [0.15, 0.2) is 24.3 Å². The Kier molecular flexibility index (Phi) is 6.93. The lowest BCUT2D eigenvalue weighted by Gasteiger charge is -2.35. The first kappa shape index (κ1) is 20.6. The Balaban J connectivity index is 1.67. The van der Waals surface area contributed by atoms with Crippen molar-refractivity contribution in [3.05, 3.63) is 46.2 Å². The average molecular weight is 407 g/mol. The maximum Gasteiger partial charge on any atom is 0.241 e. The van der Waals surface area contributed by atoms with Crippen LogP contribution in [0, 0.1) is 13.8 Å². The summed E-state index contributed by atoms with van der Waals surface area (Å²) in [7, 11) is 1.65. The largest absolute Gasteiger partial charge is 0.497 e. The molecule has 1 aromatic carbocycles. The van der Waals surface area contributed by atoms with E-state index in [1.165, 1.54) is 0 Å². The van der Waals surface area contributed by atoms with Crippen molar-refractivity contribution in [2.24, 2.45) is 0 Å². The SMILES string of the molecule is COc1ccc(C(CNC(=O)Cn2nc(C)c(Cl)c2C)N2CCOCC2)cc1. The smallest absolute Gasteiger partial charge is 0.241 e. The van der Waals surface area contributed by atoms with Crippen LogP contribution in [0.2, 0.25) is 5.02 Å². The van der Waals surface area contributed by atoms with Gasteiger partial charge < -0.3 is 14.8 Å². The topological polar surface area (TPSA) is 68.6 Å². The van der Waals surface area contributed by atoms with Crippen molar-refractivity contribution < 1.29 is 14.3 Å². The molecule has 152 valence electrons. The number of ether oxygens (including phenoxy) is 2. The quantitative estimate of drug-likeness (QED) is 0.764. The number of aryl methyl sites for hydroxylation is 1. The maximum atomic E-state index is 12.5. The third-order valence-electron chi connectivity index (χ3n) is 5.07. The molecule has 2 aromatic rings. The van der Waals surface area contributed by atoms with Crippen LogP contribution in [0.25, 0.3) is 0 Å². The molecule has 8 heteroatoms. The van der Waals surface area contributed by atoms with E-state index in [-0.39, 0.29) is 18.5 Å². The number of nitrogens with one attached hydrogen (secondary N) is 1. The zero-order chi connectivity index (χ0) is 20.1. The second kappa shape index (κ2) is 9.41. The van der Waals surface area contributed by atoms with E-state index < -0.39 is 0 Å². The third-order valence-corrected chi connectivity index (χ3v) is 5.61. The van der Waals surface area contributed by atoms with Crippen LogP contribution >= 0.6 is 11.6 Å². The van der Waals surface area contributed by atoms with Gasteiger partial charge in [0.15, 0.2) is 0 Å². The van der Waals surface area contributed by atoms with Crippen LogP contribution in [-0.4, -0.2) is 60.5 Å². The summed E-state index contributed by atoms with van der Waals surface area (Å²) in [5, 5.41) is 7.99. The highest BCUT2D eigenvalue weighted by atomic mass is 35.5. The van der Waals surface area contributed by atoms with E-state index in [1.807, 2.05) is 38.1 Å². The summed E-state index contributed by atoms with van der Waals surface area (Å²) in [4.78, 5) is 14.9. The molecule has 1 atom stereocenters. The number of carbonyl (C=O) groups excluding carboxylic acids is 1. The van der Waals surface area contributed by atoms with Gasteiger partial charge in [-0.05, 0) is 31.5 Å². The van der Waals surface area contributed by atoms with Crippen LogP contribution in [0.5, 0.6) is 5.75 Å². The van der Waals surface area contributed by atoms with Crippen LogP contribution in [-0.2, 0) is 16.1 Å². The van der Waals surface area contributed by atoms with Gasteiger partial charge in [0.2, 0.25) is 5.91 Å². The van der Waals surface area contributed by atoms with E-state index >= 15 is 0 Å². The molecule has 28 heavy (non-hydrogen) atoms. The van der Waals surface area contributed by atoms with Gasteiger partial charge in [-0.15, -0.1) is 0 Å².